The van der Waals surface area contributed by atoms with Gasteiger partial charge in [0.15, 0.2) is 0 Å². The SMILES string of the molecule is CCc1nc(CCNC(=O)N(C)C[C@@H]2CCCC[C@@H]2O)sc1C. The number of amides is 2. The minimum Gasteiger partial charge on any atom is -0.393 e. The van der Waals surface area contributed by atoms with Crippen LogP contribution < -0.4 is 5.32 Å². The van der Waals surface area contributed by atoms with Crippen molar-refractivity contribution in [1.29, 1.82) is 0 Å². The Morgan fingerprint density at radius 2 is 2.17 bits per heavy atom. The van der Waals surface area contributed by atoms with Gasteiger partial charge in [0.1, 0.15) is 0 Å². The first-order valence-electron chi connectivity index (χ1n) is 8.63. The van der Waals surface area contributed by atoms with Crippen LogP contribution in [0.15, 0.2) is 0 Å². The number of nitrogens with zero attached hydrogens (tertiary/aromatic N) is 2. The fourth-order valence-electron chi connectivity index (χ4n) is 3.17. The lowest BCUT2D eigenvalue weighted by atomic mass is 9.86. The standard InChI is InChI=1S/C17H29N3O2S/c1-4-14-12(2)23-16(19-14)9-10-18-17(22)20(3)11-13-7-5-6-8-15(13)21/h13,15,21H,4-11H2,1-3H3,(H,18,22)/t13-,15-/m0/s1. The largest absolute Gasteiger partial charge is 0.393 e. The number of rotatable bonds is 6. The summed E-state index contributed by atoms with van der Waals surface area (Å²) in [4.78, 5) is 19.7. The van der Waals surface area contributed by atoms with Gasteiger partial charge < -0.3 is 15.3 Å². The predicted octanol–water partition coefficient (Wildman–Crippen LogP) is 2.75. The number of aliphatic hydroxyl groups is 1. The second kappa shape index (κ2) is 8.64. The number of urea groups is 1. The average Bonchev–Trinajstić information content (AvgIpc) is 2.89. The number of hydrogen-bond acceptors (Lipinski definition) is 4. The summed E-state index contributed by atoms with van der Waals surface area (Å²) in [5.74, 6) is 0.216. The maximum Gasteiger partial charge on any atom is 0.317 e. The zero-order valence-corrected chi connectivity index (χ0v) is 15.3. The molecule has 0 saturated heterocycles. The molecule has 130 valence electrons. The van der Waals surface area contributed by atoms with E-state index >= 15 is 0 Å². The molecule has 5 nitrogen and oxygen atoms in total. The van der Waals surface area contributed by atoms with Gasteiger partial charge in [-0.05, 0) is 26.2 Å². The number of nitrogens with one attached hydrogen (secondary N) is 1. The molecule has 2 amide bonds. The third-order valence-electron chi connectivity index (χ3n) is 4.61. The molecule has 1 aliphatic carbocycles. The summed E-state index contributed by atoms with van der Waals surface area (Å²) in [6.07, 6.45) is 5.60. The van der Waals surface area contributed by atoms with Crippen molar-refractivity contribution in [3.8, 4) is 0 Å². The summed E-state index contributed by atoms with van der Waals surface area (Å²) in [7, 11) is 1.80. The van der Waals surface area contributed by atoms with Gasteiger partial charge >= 0.3 is 6.03 Å². The monoisotopic (exact) mass is 339 g/mol. The lowest BCUT2D eigenvalue weighted by molar-refractivity contribution is 0.0565. The van der Waals surface area contributed by atoms with Crippen LogP contribution in [-0.2, 0) is 12.8 Å². The van der Waals surface area contributed by atoms with E-state index in [4.69, 9.17) is 0 Å². The molecule has 0 radical (unpaired) electrons. The van der Waals surface area contributed by atoms with Crippen LogP contribution in [0.5, 0.6) is 0 Å². The van der Waals surface area contributed by atoms with E-state index in [0.717, 1.165) is 43.5 Å². The van der Waals surface area contributed by atoms with Gasteiger partial charge in [0.2, 0.25) is 0 Å². The minimum absolute atomic E-state index is 0.0632. The van der Waals surface area contributed by atoms with E-state index in [2.05, 4.69) is 24.1 Å². The Labute approximate surface area is 143 Å². The third-order valence-corrected chi connectivity index (χ3v) is 5.68. The number of carbonyl (C=O) groups is 1. The third kappa shape index (κ3) is 5.18. The van der Waals surface area contributed by atoms with E-state index < -0.39 is 0 Å². The lowest BCUT2D eigenvalue weighted by Crippen LogP contribution is -2.43. The first-order valence-corrected chi connectivity index (χ1v) is 9.45. The second-order valence-electron chi connectivity index (χ2n) is 6.44. The summed E-state index contributed by atoms with van der Waals surface area (Å²) >= 11 is 1.72. The smallest absolute Gasteiger partial charge is 0.317 e. The highest BCUT2D eigenvalue weighted by Crippen LogP contribution is 2.24. The molecule has 2 rings (SSSR count). The molecule has 1 heterocycles. The van der Waals surface area contributed by atoms with Crippen LogP contribution in [0.4, 0.5) is 4.79 Å². The van der Waals surface area contributed by atoms with E-state index in [1.807, 2.05) is 0 Å². The van der Waals surface area contributed by atoms with Crippen molar-refractivity contribution in [1.82, 2.24) is 15.2 Å². The van der Waals surface area contributed by atoms with Crippen molar-refractivity contribution in [2.24, 2.45) is 5.92 Å². The van der Waals surface area contributed by atoms with Crippen molar-refractivity contribution >= 4 is 17.4 Å². The van der Waals surface area contributed by atoms with Gasteiger partial charge in [-0.15, -0.1) is 11.3 Å². The van der Waals surface area contributed by atoms with Crippen LogP contribution in [0.1, 0.15) is 48.2 Å². The van der Waals surface area contributed by atoms with Gasteiger partial charge in [0.05, 0.1) is 16.8 Å². The van der Waals surface area contributed by atoms with Gasteiger partial charge in [-0.2, -0.15) is 0 Å². The van der Waals surface area contributed by atoms with Crippen LogP contribution in [0.2, 0.25) is 0 Å². The fraction of sp³-hybridized carbons (Fsp3) is 0.765. The maximum absolute atomic E-state index is 12.2. The van der Waals surface area contributed by atoms with Crippen LogP contribution in [0.25, 0.3) is 0 Å². The van der Waals surface area contributed by atoms with Crippen LogP contribution in [0.3, 0.4) is 0 Å². The molecule has 0 bridgehead atoms. The molecule has 1 aromatic rings. The molecule has 6 heteroatoms. The van der Waals surface area contributed by atoms with Crippen LogP contribution >= 0.6 is 11.3 Å². The molecule has 0 aromatic carbocycles. The van der Waals surface area contributed by atoms with Crippen LogP contribution in [-0.4, -0.2) is 47.3 Å². The Morgan fingerprint density at radius 3 is 2.83 bits per heavy atom. The molecule has 1 aliphatic rings. The molecular weight excluding hydrogens is 310 g/mol. The quantitative estimate of drug-likeness (QED) is 0.837. The molecule has 2 N–H and O–H groups in total. The topological polar surface area (TPSA) is 65.5 Å². The van der Waals surface area contributed by atoms with E-state index in [9.17, 15) is 9.90 Å². The molecular formula is C17H29N3O2S. The zero-order chi connectivity index (χ0) is 16.8. The molecule has 0 aliphatic heterocycles. The number of hydrogen-bond donors (Lipinski definition) is 2. The van der Waals surface area contributed by atoms with E-state index in [0.29, 0.717) is 13.1 Å². The summed E-state index contributed by atoms with van der Waals surface area (Å²) in [6.45, 7) is 5.44. The maximum atomic E-state index is 12.2. The summed E-state index contributed by atoms with van der Waals surface area (Å²) < 4.78 is 0. The highest BCUT2D eigenvalue weighted by Gasteiger charge is 2.25. The number of carbonyl (C=O) groups excluding carboxylic acids is 1. The van der Waals surface area contributed by atoms with Gasteiger partial charge in [0, 0.05) is 37.4 Å². The van der Waals surface area contributed by atoms with Gasteiger partial charge in [-0.1, -0.05) is 19.8 Å². The van der Waals surface area contributed by atoms with Gasteiger partial charge in [0.25, 0.3) is 0 Å². The van der Waals surface area contributed by atoms with Crippen molar-refractivity contribution in [2.75, 3.05) is 20.1 Å². The highest BCUT2D eigenvalue weighted by molar-refractivity contribution is 7.11. The molecule has 23 heavy (non-hydrogen) atoms. The number of aryl methyl sites for hydroxylation is 2. The van der Waals surface area contributed by atoms with Crippen molar-refractivity contribution in [2.45, 2.75) is 58.5 Å². The zero-order valence-electron chi connectivity index (χ0n) is 14.5. The Morgan fingerprint density at radius 1 is 1.43 bits per heavy atom. The van der Waals surface area contributed by atoms with Crippen LogP contribution in [0, 0.1) is 12.8 Å². The molecule has 2 atom stereocenters. The molecule has 0 spiro atoms. The molecule has 1 fully saturated rings. The number of aromatic nitrogens is 1. The fourth-order valence-corrected chi connectivity index (χ4v) is 4.19. The number of aliphatic hydroxyl groups excluding tert-OH is 1. The minimum atomic E-state index is -0.259. The summed E-state index contributed by atoms with van der Waals surface area (Å²) in [6, 6.07) is -0.0632. The molecule has 0 unspecified atom stereocenters. The van der Waals surface area contributed by atoms with Crippen molar-refractivity contribution in [3.63, 3.8) is 0 Å². The molecule has 1 aromatic heterocycles. The number of thiazole rings is 1. The normalized spacial score (nSPS) is 21.2. The van der Waals surface area contributed by atoms with Gasteiger partial charge in [-0.3, -0.25) is 0 Å². The summed E-state index contributed by atoms with van der Waals surface area (Å²) in [5, 5.41) is 14.1. The Balaban J connectivity index is 1.73. The highest BCUT2D eigenvalue weighted by atomic mass is 32.1. The molecule has 1 saturated carbocycles. The van der Waals surface area contributed by atoms with E-state index in [1.54, 1.807) is 23.3 Å². The van der Waals surface area contributed by atoms with E-state index in [1.165, 1.54) is 10.6 Å². The van der Waals surface area contributed by atoms with Gasteiger partial charge in [-0.25, -0.2) is 9.78 Å². The first-order chi connectivity index (χ1) is 11.0. The average molecular weight is 340 g/mol. The Kier molecular flexibility index (Phi) is 6.84. The second-order valence-corrected chi connectivity index (χ2v) is 7.73. The van der Waals surface area contributed by atoms with Crippen molar-refractivity contribution < 1.29 is 9.90 Å². The van der Waals surface area contributed by atoms with Crippen molar-refractivity contribution in [3.05, 3.63) is 15.6 Å². The summed E-state index contributed by atoms with van der Waals surface area (Å²) in [5.41, 5.74) is 1.17. The predicted molar refractivity (Wildman–Crippen MR) is 93.9 cm³/mol. The first kappa shape index (κ1) is 18.2. The lowest BCUT2D eigenvalue weighted by Gasteiger charge is -2.31. The Hall–Kier alpha value is -1.14. The van der Waals surface area contributed by atoms with E-state index in [-0.39, 0.29) is 18.1 Å². The Bertz CT molecular complexity index is 518.